The lowest BCUT2D eigenvalue weighted by molar-refractivity contribution is 0.0153. The van der Waals surface area contributed by atoms with Crippen LogP contribution in [0.15, 0.2) is 47.1 Å². The van der Waals surface area contributed by atoms with Gasteiger partial charge in [-0.05, 0) is 24.6 Å². The summed E-state index contributed by atoms with van der Waals surface area (Å²) in [5, 5.41) is 0. The standard InChI is InChI=1S/C19H18F2N2O3/c1-19(20,21)15-6-3-2-5-14(15)17(24)22-10-13-9-12(22)11-23(13)18(25)16-7-4-8-26-16/h2-8,12-13H,9-11H2,1H3/t12-,13-/m0/s1. The molecule has 0 saturated carbocycles. The zero-order chi connectivity index (χ0) is 18.5. The Kier molecular flexibility index (Phi) is 3.82. The van der Waals surface area contributed by atoms with Crippen LogP contribution in [-0.2, 0) is 5.92 Å². The highest BCUT2D eigenvalue weighted by atomic mass is 19.3. The van der Waals surface area contributed by atoms with Crippen molar-refractivity contribution in [3.63, 3.8) is 0 Å². The number of nitrogens with zero attached hydrogens (tertiary/aromatic N) is 2. The molecule has 136 valence electrons. The van der Waals surface area contributed by atoms with Gasteiger partial charge in [0.25, 0.3) is 17.7 Å². The molecule has 2 amide bonds. The quantitative estimate of drug-likeness (QED) is 0.845. The molecule has 1 aromatic carbocycles. The molecule has 2 bridgehead atoms. The van der Waals surface area contributed by atoms with Gasteiger partial charge in [-0.3, -0.25) is 9.59 Å². The van der Waals surface area contributed by atoms with E-state index >= 15 is 0 Å². The van der Waals surface area contributed by atoms with Crippen molar-refractivity contribution in [3.05, 3.63) is 59.5 Å². The number of fused-ring (bicyclic) bond motifs is 2. The monoisotopic (exact) mass is 360 g/mol. The number of rotatable bonds is 3. The first kappa shape index (κ1) is 16.8. The van der Waals surface area contributed by atoms with Gasteiger partial charge in [-0.2, -0.15) is 0 Å². The lowest BCUT2D eigenvalue weighted by Gasteiger charge is -2.34. The van der Waals surface area contributed by atoms with Gasteiger partial charge in [-0.1, -0.05) is 18.2 Å². The van der Waals surface area contributed by atoms with Gasteiger partial charge in [0.05, 0.1) is 18.3 Å². The lowest BCUT2D eigenvalue weighted by atomic mass is 10.0. The summed E-state index contributed by atoms with van der Waals surface area (Å²) in [5.41, 5.74) is -0.243. The van der Waals surface area contributed by atoms with E-state index in [1.807, 2.05) is 0 Å². The second-order valence-corrected chi connectivity index (χ2v) is 6.87. The zero-order valence-electron chi connectivity index (χ0n) is 14.2. The van der Waals surface area contributed by atoms with Crippen LogP contribution in [0.5, 0.6) is 0 Å². The summed E-state index contributed by atoms with van der Waals surface area (Å²) in [5.74, 6) is -3.42. The topological polar surface area (TPSA) is 53.8 Å². The Bertz CT molecular complexity index is 845. The second-order valence-electron chi connectivity index (χ2n) is 6.87. The molecule has 0 unspecified atom stereocenters. The van der Waals surface area contributed by atoms with Crippen molar-refractivity contribution in [2.24, 2.45) is 0 Å². The van der Waals surface area contributed by atoms with Gasteiger partial charge >= 0.3 is 0 Å². The molecule has 0 spiro atoms. The third kappa shape index (κ3) is 2.67. The number of furan rings is 1. The SMILES string of the molecule is CC(F)(F)c1ccccc1C(=O)N1C[C@@H]2C[C@H]1CN2C(=O)c1ccco1. The van der Waals surface area contributed by atoms with Crippen LogP contribution in [0.1, 0.15) is 39.8 Å². The number of carbonyl (C=O) groups is 2. The van der Waals surface area contributed by atoms with E-state index in [0.29, 0.717) is 19.5 Å². The van der Waals surface area contributed by atoms with Crippen LogP contribution in [0.4, 0.5) is 8.78 Å². The van der Waals surface area contributed by atoms with Crippen molar-refractivity contribution < 1.29 is 22.8 Å². The molecule has 2 aromatic rings. The molecular formula is C19H18F2N2O3. The average molecular weight is 360 g/mol. The third-order valence-corrected chi connectivity index (χ3v) is 5.12. The van der Waals surface area contributed by atoms with Gasteiger partial charge < -0.3 is 14.2 Å². The first-order valence-electron chi connectivity index (χ1n) is 8.49. The maximum Gasteiger partial charge on any atom is 0.289 e. The van der Waals surface area contributed by atoms with Crippen molar-refractivity contribution in [3.8, 4) is 0 Å². The smallest absolute Gasteiger partial charge is 0.289 e. The number of benzene rings is 1. The minimum absolute atomic E-state index is 0.0245. The van der Waals surface area contributed by atoms with E-state index in [4.69, 9.17) is 4.42 Å². The van der Waals surface area contributed by atoms with Crippen LogP contribution in [0.2, 0.25) is 0 Å². The van der Waals surface area contributed by atoms with Gasteiger partial charge in [0, 0.05) is 31.1 Å². The van der Waals surface area contributed by atoms with Crippen molar-refractivity contribution in [1.82, 2.24) is 9.80 Å². The maximum absolute atomic E-state index is 13.8. The molecule has 4 rings (SSSR count). The summed E-state index contributed by atoms with van der Waals surface area (Å²) in [6.07, 6.45) is 2.10. The fourth-order valence-corrected chi connectivity index (χ4v) is 3.91. The molecule has 3 heterocycles. The van der Waals surface area contributed by atoms with E-state index in [9.17, 15) is 18.4 Å². The van der Waals surface area contributed by atoms with Crippen LogP contribution >= 0.6 is 0 Å². The van der Waals surface area contributed by atoms with E-state index in [2.05, 4.69) is 0 Å². The molecule has 2 aliphatic rings. The molecule has 0 N–H and O–H groups in total. The normalized spacial score (nSPS) is 22.1. The minimum atomic E-state index is -3.09. The number of hydrogen-bond acceptors (Lipinski definition) is 3. The average Bonchev–Trinajstić information content (AvgIpc) is 3.35. The van der Waals surface area contributed by atoms with Gasteiger partial charge in [0.1, 0.15) is 0 Å². The molecule has 5 nitrogen and oxygen atoms in total. The maximum atomic E-state index is 13.8. The first-order chi connectivity index (χ1) is 12.4. The highest BCUT2D eigenvalue weighted by Crippen LogP contribution is 2.35. The van der Waals surface area contributed by atoms with Crippen LogP contribution in [0.3, 0.4) is 0 Å². The molecular weight excluding hydrogens is 342 g/mol. The van der Waals surface area contributed by atoms with E-state index in [1.165, 1.54) is 24.5 Å². The summed E-state index contributed by atoms with van der Waals surface area (Å²) in [4.78, 5) is 28.7. The molecule has 0 aliphatic carbocycles. The van der Waals surface area contributed by atoms with E-state index in [0.717, 1.165) is 6.92 Å². The highest BCUT2D eigenvalue weighted by Gasteiger charge is 2.48. The van der Waals surface area contributed by atoms with Gasteiger partial charge in [0.15, 0.2) is 5.76 Å². The lowest BCUT2D eigenvalue weighted by Crippen LogP contribution is -2.50. The summed E-state index contributed by atoms with van der Waals surface area (Å²) >= 11 is 0. The molecule has 2 saturated heterocycles. The highest BCUT2D eigenvalue weighted by molar-refractivity contribution is 5.97. The zero-order valence-corrected chi connectivity index (χ0v) is 14.2. The third-order valence-electron chi connectivity index (χ3n) is 5.12. The number of piperazine rings is 1. The summed E-state index contributed by atoms with van der Waals surface area (Å²) in [6.45, 7) is 1.53. The Hall–Kier alpha value is -2.70. The number of carbonyl (C=O) groups excluding carboxylic acids is 2. The van der Waals surface area contributed by atoms with Crippen LogP contribution in [0, 0.1) is 0 Å². The van der Waals surface area contributed by atoms with E-state index in [1.54, 1.807) is 28.0 Å². The predicted octanol–water partition coefficient (Wildman–Crippen LogP) is 3.13. The molecule has 2 atom stereocenters. The summed E-state index contributed by atoms with van der Waals surface area (Å²) < 4.78 is 32.8. The summed E-state index contributed by atoms with van der Waals surface area (Å²) in [7, 11) is 0. The number of alkyl halides is 2. The van der Waals surface area contributed by atoms with Gasteiger partial charge in [0.2, 0.25) is 0 Å². The Morgan fingerprint density at radius 2 is 1.69 bits per heavy atom. The van der Waals surface area contributed by atoms with E-state index in [-0.39, 0.29) is 34.9 Å². The Labute approximate surface area is 149 Å². The molecule has 0 radical (unpaired) electrons. The largest absolute Gasteiger partial charge is 0.459 e. The Balaban J connectivity index is 1.53. The summed E-state index contributed by atoms with van der Waals surface area (Å²) in [6, 6.07) is 8.80. The number of likely N-dealkylation sites (tertiary alicyclic amines) is 2. The van der Waals surface area contributed by atoms with Crippen molar-refractivity contribution in [2.75, 3.05) is 13.1 Å². The molecule has 7 heteroatoms. The predicted molar refractivity (Wildman–Crippen MR) is 89.0 cm³/mol. The number of halogens is 2. The fraction of sp³-hybridized carbons (Fsp3) is 0.368. The van der Waals surface area contributed by atoms with Crippen molar-refractivity contribution >= 4 is 11.8 Å². The van der Waals surface area contributed by atoms with Crippen LogP contribution in [-0.4, -0.2) is 46.8 Å². The van der Waals surface area contributed by atoms with E-state index < -0.39 is 11.8 Å². The minimum Gasteiger partial charge on any atom is -0.459 e. The fourth-order valence-electron chi connectivity index (χ4n) is 3.91. The Morgan fingerprint density at radius 1 is 1.04 bits per heavy atom. The van der Waals surface area contributed by atoms with Gasteiger partial charge in [-0.15, -0.1) is 0 Å². The number of hydrogen-bond donors (Lipinski definition) is 0. The van der Waals surface area contributed by atoms with Gasteiger partial charge in [-0.25, -0.2) is 8.78 Å². The molecule has 1 aromatic heterocycles. The van der Waals surface area contributed by atoms with Crippen LogP contribution < -0.4 is 0 Å². The molecule has 26 heavy (non-hydrogen) atoms. The number of amides is 2. The van der Waals surface area contributed by atoms with Crippen LogP contribution in [0.25, 0.3) is 0 Å². The first-order valence-corrected chi connectivity index (χ1v) is 8.49. The molecule has 2 aliphatic heterocycles. The molecule has 2 fully saturated rings. The van der Waals surface area contributed by atoms with Crippen molar-refractivity contribution in [1.29, 1.82) is 0 Å². The van der Waals surface area contributed by atoms with Crippen molar-refractivity contribution in [2.45, 2.75) is 31.4 Å². The second kappa shape index (κ2) is 5.93. The Morgan fingerprint density at radius 3 is 2.27 bits per heavy atom.